The minimum Gasteiger partial charge on any atom is -0.494 e. The van der Waals surface area contributed by atoms with Crippen LogP contribution in [0.3, 0.4) is 0 Å². The van der Waals surface area contributed by atoms with Crippen LogP contribution < -0.4 is 9.47 Å². The lowest BCUT2D eigenvalue weighted by Crippen LogP contribution is -2.05. The average Bonchev–Trinajstić information content (AvgIpc) is 3.09. The number of halogens is 4. The molecule has 0 unspecified atom stereocenters. The van der Waals surface area contributed by atoms with E-state index in [0.717, 1.165) is 11.3 Å². The number of alkyl halides is 4. The Hall–Kier alpha value is -4.62. The van der Waals surface area contributed by atoms with Crippen molar-refractivity contribution in [2.45, 2.75) is 12.8 Å². The number of benzene rings is 2. The number of hydrogen-bond acceptors (Lipinski definition) is 7. The van der Waals surface area contributed by atoms with E-state index in [4.69, 9.17) is 42.9 Å². The molecule has 0 saturated heterocycles. The fourth-order valence-corrected chi connectivity index (χ4v) is 2.51. The molecule has 0 fully saturated rings. The van der Waals surface area contributed by atoms with Gasteiger partial charge in [-0.3, -0.25) is 8.78 Å². The van der Waals surface area contributed by atoms with Gasteiger partial charge in [-0.25, -0.2) is 8.78 Å². The molecule has 0 atom stereocenters. The zero-order valence-corrected chi connectivity index (χ0v) is 25.6. The maximum atomic E-state index is 11.7. The second-order valence-electron chi connectivity index (χ2n) is 7.95. The topological polar surface area (TPSA) is 144 Å². The van der Waals surface area contributed by atoms with E-state index < -0.39 is 13.3 Å². The van der Waals surface area contributed by atoms with Crippen molar-refractivity contribution in [1.29, 1.82) is 0 Å². The summed E-state index contributed by atoms with van der Waals surface area (Å²) < 4.78 is 70.8. The Balaban J connectivity index is 0. The highest BCUT2D eigenvalue weighted by Crippen LogP contribution is 2.18. The maximum Gasteiger partial charge on any atom is 0.119 e. The first kappa shape index (κ1) is 43.5. The van der Waals surface area contributed by atoms with Crippen molar-refractivity contribution in [3.05, 3.63) is 75.0 Å². The summed E-state index contributed by atoms with van der Waals surface area (Å²) in [7, 11) is 0. The van der Waals surface area contributed by atoms with Gasteiger partial charge in [-0.15, -0.1) is 12.8 Å². The van der Waals surface area contributed by atoms with Gasteiger partial charge in [0.15, 0.2) is 0 Å². The number of rotatable bonds is 20. The van der Waals surface area contributed by atoms with Crippen LogP contribution in [0.5, 0.6) is 11.5 Å². The molecule has 0 radical (unpaired) electrons. The Morgan fingerprint density at radius 1 is 0.630 bits per heavy atom. The quantitative estimate of drug-likeness (QED) is 0.0361. The molecule has 0 saturated carbocycles. The maximum absolute atomic E-state index is 11.7. The third-order valence-corrected chi connectivity index (χ3v) is 4.51. The van der Waals surface area contributed by atoms with Crippen LogP contribution in [0.1, 0.15) is 18.4 Å². The van der Waals surface area contributed by atoms with E-state index in [0.29, 0.717) is 63.9 Å². The molecule has 2 aromatic carbocycles. The highest BCUT2D eigenvalue weighted by atomic mass is 18.2. The fraction of sp³-hybridized carbons (Fsp3) is 0.484. The van der Waals surface area contributed by atoms with Crippen LogP contribution in [0, 0.1) is 24.7 Å². The predicted octanol–water partition coefficient (Wildman–Crippen LogP) is 7.68. The molecule has 0 aliphatic rings. The summed E-state index contributed by atoms with van der Waals surface area (Å²) in [4.78, 5) is 5.13. The summed E-state index contributed by atoms with van der Waals surface area (Å²) >= 11 is 0. The molecule has 11 nitrogen and oxygen atoms in total. The van der Waals surface area contributed by atoms with E-state index in [1.807, 2.05) is 0 Å². The van der Waals surface area contributed by atoms with Gasteiger partial charge in [0.1, 0.15) is 31.5 Å². The van der Waals surface area contributed by atoms with Crippen LogP contribution in [-0.4, -0.2) is 86.1 Å². The number of azide groups is 2. The molecule has 0 amide bonds. The second kappa shape index (κ2) is 36.6. The number of hydrogen-bond donors (Lipinski definition) is 0. The molecular formula is C31H40F4N6O5. The molecule has 2 aromatic rings. The van der Waals surface area contributed by atoms with Crippen molar-refractivity contribution in [3.8, 4) is 36.2 Å². The minimum atomic E-state index is -0.490. The Morgan fingerprint density at radius 3 is 1.61 bits per heavy atom. The van der Waals surface area contributed by atoms with Crippen molar-refractivity contribution in [2.24, 2.45) is 10.2 Å². The molecule has 15 heteroatoms. The van der Waals surface area contributed by atoms with Gasteiger partial charge in [0.2, 0.25) is 0 Å². The molecule has 0 aromatic heterocycles. The van der Waals surface area contributed by atoms with Gasteiger partial charge in [0.05, 0.1) is 59.6 Å². The number of terminal acetylenes is 2. The lowest BCUT2D eigenvalue weighted by molar-refractivity contribution is 0.0541. The van der Waals surface area contributed by atoms with E-state index in [1.54, 1.807) is 48.5 Å². The van der Waals surface area contributed by atoms with Crippen LogP contribution in [0.25, 0.3) is 20.9 Å². The zero-order valence-electron chi connectivity index (χ0n) is 25.6. The van der Waals surface area contributed by atoms with Crippen molar-refractivity contribution in [2.75, 3.05) is 86.1 Å². The predicted molar refractivity (Wildman–Crippen MR) is 169 cm³/mol. The molecule has 0 heterocycles. The average molecular weight is 649 g/mol. The molecule has 46 heavy (non-hydrogen) atoms. The smallest absolute Gasteiger partial charge is 0.119 e. The standard InChI is InChI=1S/C11H11FO.C9H10FN3O.C7H11FO2.C4H8FN3O/c1-2-10-4-6-11(7-5-10)13-9-3-8-12;10-6-1-7-14-9-4-2-8(3-5-9)12-13-11;1-2-4-9-6-7-10-5-3-8;5-1-3-9-4-2-7-8-6/h1,4-7H,3,8-9H2;2-5H,1,6-7H2;1H,3-7H2;1-4H2/i12-1;10-1;8-1;5-1. The Kier molecular flexibility index (Phi) is 34.6. The van der Waals surface area contributed by atoms with Crippen LogP contribution in [0.15, 0.2) is 58.8 Å². The largest absolute Gasteiger partial charge is 0.494 e. The first-order chi connectivity index (χ1) is 22.6. The summed E-state index contributed by atoms with van der Waals surface area (Å²) in [6.07, 6.45) is 10.9. The van der Waals surface area contributed by atoms with E-state index in [9.17, 15) is 17.6 Å². The summed E-state index contributed by atoms with van der Waals surface area (Å²) in [6, 6.07) is 13.8. The molecule has 0 aliphatic heterocycles. The van der Waals surface area contributed by atoms with Crippen LogP contribution in [0.4, 0.5) is 23.2 Å². The van der Waals surface area contributed by atoms with Crippen molar-refractivity contribution < 1.29 is 41.2 Å². The van der Waals surface area contributed by atoms with Gasteiger partial charge in [-0.1, -0.05) is 22.1 Å². The molecule has 0 aliphatic carbocycles. The number of ether oxygens (including phenoxy) is 5. The fourth-order valence-electron chi connectivity index (χ4n) is 2.51. The molecule has 0 N–H and O–H groups in total. The Bertz CT molecular complexity index is 1150. The highest BCUT2D eigenvalue weighted by Gasteiger charge is 1.94. The van der Waals surface area contributed by atoms with Crippen molar-refractivity contribution in [3.63, 3.8) is 0 Å². The lowest BCUT2D eigenvalue weighted by atomic mass is 10.2. The van der Waals surface area contributed by atoms with E-state index in [-0.39, 0.29) is 33.1 Å². The van der Waals surface area contributed by atoms with Crippen LogP contribution >= 0.6 is 0 Å². The normalized spacial score (nSPS) is 9.09. The first-order valence-electron chi connectivity index (χ1n) is 14.0. The second-order valence-corrected chi connectivity index (χ2v) is 7.95. The summed E-state index contributed by atoms with van der Waals surface area (Å²) in [5.74, 6) is 6.19. The van der Waals surface area contributed by atoms with Gasteiger partial charge in [0, 0.05) is 40.5 Å². The van der Waals surface area contributed by atoms with Crippen LogP contribution in [0.2, 0.25) is 0 Å². The van der Waals surface area contributed by atoms with Gasteiger partial charge in [-0.2, -0.15) is 0 Å². The summed E-state index contributed by atoms with van der Waals surface area (Å²) in [5.41, 5.74) is 17.2. The first-order valence-corrected chi connectivity index (χ1v) is 14.0. The van der Waals surface area contributed by atoms with E-state index in [2.05, 4.69) is 36.6 Å². The highest BCUT2D eigenvalue weighted by molar-refractivity contribution is 5.41. The number of nitrogens with zero attached hydrogens (tertiary/aromatic N) is 6. The van der Waals surface area contributed by atoms with Crippen molar-refractivity contribution in [1.82, 2.24) is 0 Å². The van der Waals surface area contributed by atoms with Gasteiger partial charge < -0.3 is 23.7 Å². The third-order valence-electron chi connectivity index (χ3n) is 4.51. The van der Waals surface area contributed by atoms with E-state index >= 15 is 0 Å². The summed E-state index contributed by atoms with van der Waals surface area (Å²) in [5, 5.41) is 6.59. The Morgan fingerprint density at radius 2 is 1.15 bits per heavy atom. The van der Waals surface area contributed by atoms with E-state index in [1.165, 1.54) is 0 Å². The van der Waals surface area contributed by atoms with Crippen molar-refractivity contribution >= 4 is 5.69 Å². The monoisotopic (exact) mass is 648 g/mol. The molecule has 252 valence electrons. The molecular weight excluding hydrogens is 608 g/mol. The lowest BCUT2D eigenvalue weighted by Gasteiger charge is -2.03. The molecule has 0 bridgehead atoms. The molecule has 2 rings (SSSR count). The van der Waals surface area contributed by atoms with Gasteiger partial charge in [0.25, 0.3) is 0 Å². The Labute approximate surface area is 267 Å². The van der Waals surface area contributed by atoms with Gasteiger partial charge >= 0.3 is 0 Å². The molecule has 0 spiro atoms. The SMILES string of the molecule is C#CCOCCOCC[18F].C#Cc1ccc(OCCC[18F])cc1.[N-]=[N+]=NCCOCC[18F].[N-]=[N+]=Nc1ccc(OCCC[18F])cc1. The minimum absolute atomic E-state index is 0.0843. The third kappa shape index (κ3) is 30.8. The summed E-state index contributed by atoms with van der Waals surface area (Å²) in [6.45, 7) is 1.04. The van der Waals surface area contributed by atoms with Crippen LogP contribution in [-0.2, 0) is 14.2 Å². The van der Waals surface area contributed by atoms with Gasteiger partial charge in [-0.05, 0) is 59.6 Å². The zero-order chi connectivity index (χ0) is 34.4.